The molecule has 0 aliphatic carbocycles. The van der Waals surface area contributed by atoms with E-state index in [1.165, 1.54) is 4.57 Å². The van der Waals surface area contributed by atoms with Gasteiger partial charge >= 0.3 is 17.6 Å². The monoisotopic (exact) mass is 539 g/mol. The highest BCUT2D eigenvalue weighted by molar-refractivity contribution is 5.90. The van der Waals surface area contributed by atoms with Gasteiger partial charge in [-0.05, 0) is 43.7 Å². The Balaban J connectivity index is 1.39. The molecule has 204 valence electrons. The van der Waals surface area contributed by atoms with Gasteiger partial charge in [-0.25, -0.2) is 14.4 Å². The van der Waals surface area contributed by atoms with Gasteiger partial charge in [0.25, 0.3) is 0 Å². The molecule has 0 spiro atoms. The van der Waals surface area contributed by atoms with Crippen LogP contribution in [0.3, 0.4) is 0 Å². The van der Waals surface area contributed by atoms with Crippen molar-refractivity contribution in [3.05, 3.63) is 118 Å². The highest BCUT2D eigenvalue weighted by Gasteiger charge is 2.40. The fourth-order valence-electron chi connectivity index (χ4n) is 4.50. The number of carbonyl (C=O) groups excluding carboxylic acids is 2. The third-order valence-electron chi connectivity index (χ3n) is 6.77. The summed E-state index contributed by atoms with van der Waals surface area (Å²) in [5.41, 5.74) is 9.59. The number of nitrogens with two attached hydrogens (primary N) is 1. The lowest BCUT2D eigenvalue weighted by Crippen LogP contribution is -2.32. The van der Waals surface area contributed by atoms with Crippen molar-refractivity contribution in [2.24, 2.45) is 0 Å². The van der Waals surface area contributed by atoms with Crippen LogP contribution in [0.5, 0.6) is 0 Å². The highest BCUT2D eigenvalue weighted by atomic mass is 16.6. The van der Waals surface area contributed by atoms with Crippen molar-refractivity contribution in [2.75, 3.05) is 12.3 Å². The van der Waals surface area contributed by atoms with Gasteiger partial charge in [-0.15, -0.1) is 0 Å². The van der Waals surface area contributed by atoms with Gasteiger partial charge in [0, 0.05) is 18.2 Å². The first-order chi connectivity index (χ1) is 19.3. The van der Waals surface area contributed by atoms with Crippen molar-refractivity contribution in [1.82, 2.24) is 9.55 Å². The number of nitrogen functional groups attached to an aromatic ring is 1. The van der Waals surface area contributed by atoms with Gasteiger partial charge in [0.1, 0.15) is 30.9 Å². The molecule has 0 bridgehead atoms. The van der Waals surface area contributed by atoms with Crippen LogP contribution >= 0.6 is 0 Å². The minimum Gasteiger partial charge on any atom is -0.459 e. The van der Waals surface area contributed by atoms with Crippen LogP contribution in [-0.2, 0) is 14.2 Å². The summed E-state index contributed by atoms with van der Waals surface area (Å²) >= 11 is 0. The molecule has 0 saturated carbocycles. The van der Waals surface area contributed by atoms with E-state index < -0.39 is 36.1 Å². The number of aryl methyl sites for hydroxylation is 2. The molecular weight excluding hydrogens is 510 g/mol. The molecule has 3 aromatic carbocycles. The first-order valence-corrected chi connectivity index (χ1v) is 12.9. The van der Waals surface area contributed by atoms with Crippen LogP contribution in [0.2, 0.25) is 0 Å². The Labute approximate surface area is 231 Å². The molecule has 1 saturated heterocycles. The number of benzene rings is 3. The minimum atomic E-state index is -0.832. The Morgan fingerprint density at radius 3 is 2.15 bits per heavy atom. The van der Waals surface area contributed by atoms with E-state index >= 15 is 0 Å². The Morgan fingerprint density at radius 1 is 0.925 bits per heavy atom. The quantitative estimate of drug-likeness (QED) is 0.341. The van der Waals surface area contributed by atoms with E-state index in [2.05, 4.69) is 4.98 Å². The van der Waals surface area contributed by atoms with Gasteiger partial charge in [-0.1, -0.05) is 65.7 Å². The van der Waals surface area contributed by atoms with Crippen LogP contribution in [0.1, 0.15) is 44.5 Å². The van der Waals surface area contributed by atoms with Crippen LogP contribution < -0.4 is 11.4 Å². The van der Waals surface area contributed by atoms with Crippen LogP contribution in [-0.4, -0.2) is 40.3 Å². The number of carbonyl (C=O) groups is 2. The summed E-state index contributed by atoms with van der Waals surface area (Å²) < 4.78 is 18.8. The van der Waals surface area contributed by atoms with Gasteiger partial charge in [-0.3, -0.25) is 4.57 Å². The van der Waals surface area contributed by atoms with E-state index in [0.717, 1.165) is 16.7 Å². The minimum absolute atomic E-state index is 0.0939. The number of anilines is 1. The molecule has 2 N–H and O–H groups in total. The SMILES string of the molecule is Cc1ccc(C(=O)OC[C@H]2O[C@H](n3cc(-c4ccccc4)c(N)nc3=O)C[C@@H]2OC(=O)c2ccc(C)cc2)cc1. The fourth-order valence-corrected chi connectivity index (χ4v) is 4.50. The molecule has 9 nitrogen and oxygen atoms in total. The number of nitrogens with zero attached hydrogens (tertiary/aromatic N) is 2. The average Bonchev–Trinajstić information content (AvgIpc) is 3.35. The highest BCUT2D eigenvalue weighted by Crippen LogP contribution is 2.33. The lowest BCUT2D eigenvalue weighted by Gasteiger charge is -2.19. The molecule has 2 heterocycles. The molecule has 1 aliphatic heterocycles. The zero-order valence-corrected chi connectivity index (χ0v) is 22.2. The molecule has 0 unspecified atom stereocenters. The Hall–Kier alpha value is -4.76. The number of hydrogen-bond acceptors (Lipinski definition) is 8. The maximum Gasteiger partial charge on any atom is 0.351 e. The first-order valence-electron chi connectivity index (χ1n) is 12.9. The second-order valence-corrected chi connectivity index (χ2v) is 9.73. The largest absolute Gasteiger partial charge is 0.459 e. The Morgan fingerprint density at radius 2 is 1.52 bits per heavy atom. The summed E-state index contributed by atoms with van der Waals surface area (Å²) in [6.45, 7) is 3.66. The van der Waals surface area contributed by atoms with Crippen LogP contribution in [0, 0.1) is 13.8 Å². The number of hydrogen-bond donors (Lipinski definition) is 1. The summed E-state index contributed by atoms with van der Waals surface area (Å²) in [6.07, 6.45) is -0.719. The van der Waals surface area contributed by atoms with E-state index in [9.17, 15) is 14.4 Å². The molecule has 1 aromatic heterocycles. The van der Waals surface area contributed by atoms with Crippen LogP contribution in [0.25, 0.3) is 11.1 Å². The molecule has 3 atom stereocenters. The van der Waals surface area contributed by atoms with Crippen molar-refractivity contribution in [2.45, 2.75) is 38.7 Å². The third kappa shape index (κ3) is 5.94. The smallest absolute Gasteiger partial charge is 0.351 e. The molecule has 9 heteroatoms. The number of rotatable bonds is 7. The van der Waals surface area contributed by atoms with E-state index in [1.54, 1.807) is 30.5 Å². The molecule has 40 heavy (non-hydrogen) atoms. The fraction of sp³-hybridized carbons (Fsp3) is 0.226. The summed E-state index contributed by atoms with van der Waals surface area (Å²) in [4.78, 5) is 42.5. The molecular formula is C31H29N3O6. The van der Waals surface area contributed by atoms with Crippen molar-refractivity contribution in [3.8, 4) is 11.1 Å². The standard InChI is InChI=1S/C31H29N3O6/c1-19-8-12-22(13-9-19)29(35)38-18-26-25(40-30(36)23-14-10-20(2)11-15-23)16-27(39-26)34-17-24(28(32)33-31(34)37)21-6-4-3-5-7-21/h3-15,17,25-27H,16,18H2,1-2H3,(H2,32,33,37)/t25-,26+,27-/m0/s1. The van der Waals surface area contributed by atoms with E-state index in [4.69, 9.17) is 19.9 Å². The summed E-state index contributed by atoms with van der Waals surface area (Å²) in [5, 5.41) is 0. The van der Waals surface area contributed by atoms with Crippen molar-refractivity contribution in [3.63, 3.8) is 0 Å². The predicted molar refractivity (Wildman–Crippen MR) is 149 cm³/mol. The van der Waals surface area contributed by atoms with Crippen molar-refractivity contribution in [1.29, 1.82) is 0 Å². The summed E-state index contributed by atoms with van der Waals surface area (Å²) in [5.74, 6) is -0.985. The summed E-state index contributed by atoms with van der Waals surface area (Å²) in [6, 6.07) is 23.3. The van der Waals surface area contributed by atoms with Crippen molar-refractivity contribution < 1.29 is 23.8 Å². The van der Waals surface area contributed by atoms with Gasteiger partial charge in [0.05, 0.1) is 11.1 Å². The van der Waals surface area contributed by atoms with E-state index in [0.29, 0.717) is 16.7 Å². The Kier molecular flexibility index (Phi) is 7.75. The molecule has 5 rings (SSSR count). The molecule has 0 amide bonds. The maximum atomic E-state index is 13.0. The summed E-state index contributed by atoms with van der Waals surface area (Å²) in [7, 11) is 0. The zero-order chi connectivity index (χ0) is 28.2. The van der Waals surface area contributed by atoms with Crippen LogP contribution in [0.4, 0.5) is 5.82 Å². The molecule has 1 aliphatic rings. The van der Waals surface area contributed by atoms with Crippen LogP contribution in [0.15, 0.2) is 89.9 Å². The predicted octanol–water partition coefficient (Wildman–Crippen LogP) is 4.48. The molecule has 1 fully saturated rings. The van der Waals surface area contributed by atoms with Gasteiger partial charge in [0.15, 0.2) is 0 Å². The second kappa shape index (κ2) is 11.5. The number of esters is 2. The zero-order valence-electron chi connectivity index (χ0n) is 22.2. The lowest BCUT2D eigenvalue weighted by molar-refractivity contribution is -0.0581. The number of aromatic nitrogens is 2. The topological polar surface area (TPSA) is 123 Å². The van der Waals surface area contributed by atoms with Crippen molar-refractivity contribution >= 4 is 17.8 Å². The lowest BCUT2D eigenvalue weighted by atomic mass is 10.1. The van der Waals surface area contributed by atoms with E-state index in [-0.39, 0.29) is 18.8 Å². The van der Waals surface area contributed by atoms with Gasteiger partial charge in [0.2, 0.25) is 0 Å². The third-order valence-corrected chi connectivity index (χ3v) is 6.77. The first kappa shape index (κ1) is 26.8. The Bertz CT molecular complexity index is 1570. The molecule has 4 aromatic rings. The van der Waals surface area contributed by atoms with Gasteiger partial charge < -0.3 is 19.9 Å². The maximum absolute atomic E-state index is 13.0. The van der Waals surface area contributed by atoms with Gasteiger partial charge in [-0.2, -0.15) is 4.98 Å². The number of ether oxygens (including phenoxy) is 3. The average molecular weight is 540 g/mol. The second-order valence-electron chi connectivity index (χ2n) is 9.73. The molecule has 0 radical (unpaired) electrons. The normalized spacial score (nSPS) is 18.3. The van der Waals surface area contributed by atoms with E-state index in [1.807, 2.05) is 68.4 Å².